The molecule has 0 saturated heterocycles. The molecule has 1 aliphatic rings. The fourth-order valence-electron chi connectivity index (χ4n) is 2.50. The van der Waals surface area contributed by atoms with E-state index in [2.05, 4.69) is 22.2 Å². The molecule has 5 nitrogen and oxygen atoms in total. The molecule has 1 aliphatic carbocycles. The summed E-state index contributed by atoms with van der Waals surface area (Å²) >= 11 is 0. The molecule has 2 aromatic heterocycles. The molecular formula is C14H18N4O. The molecule has 0 spiro atoms. The van der Waals surface area contributed by atoms with E-state index in [0.717, 1.165) is 25.0 Å². The van der Waals surface area contributed by atoms with Crippen LogP contribution in [0, 0.1) is 0 Å². The Morgan fingerprint density at radius 2 is 2.11 bits per heavy atom. The first-order valence-corrected chi connectivity index (χ1v) is 6.68. The van der Waals surface area contributed by atoms with Crippen molar-refractivity contribution >= 4 is 0 Å². The van der Waals surface area contributed by atoms with E-state index in [1.165, 1.54) is 5.56 Å². The van der Waals surface area contributed by atoms with Crippen molar-refractivity contribution in [3.05, 3.63) is 42.0 Å². The number of pyridine rings is 1. The van der Waals surface area contributed by atoms with Gasteiger partial charge in [0.15, 0.2) is 0 Å². The summed E-state index contributed by atoms with van der Waals surface area (Å²) in [7, 11) is 0. The van der Waals surface area contributed by atoms with Crippen molar-refractivity contribution < 1.29 is 5.11 Å². The van der Waals surface area contributed by atoms with Gasteiger partial charge < -0.3 is 5.11 Å². The predicted molar refractivity (Wildman–Crippen MR) is 70.7 cm³/mol. The van der Waals surface area contributed by atoms with E-state index < -0.39 is 0 Å². The van der Waals surface area contributed by atoms with Crippen LogP contribution in [0.3, 0.4) is 0 Å². The number of aromatic nitrogens is 4. The highest BCUT2D eigenvalue weighted by molar-refractivity contribution is 5.22. The highest BCUT2D eigenvalue weighted by atomic mass is 16.3. The van der Waals surface area contributed by atoms with E-state index in [1.54, 1.807) is 12.4 Å². The third kappa shape index (κ3) is 2.26. The number of aliphatic hydroxyl groups excluding tert-OH is 1. The summed E-state index contributed by atoms with van der Waals surface area (Å²) < 4.78 is 1.89. The minimum absolute atomic E-state index is 0.0883. The Balaban J connectivity index is 1.82. The minimum Gasteiger partial charge on any atom is -0.396 e. The fourth-order valence-corrected chi connectivity index (χ4v) is 2.50. The molecule has 2 aromatic rings. The second-order valence-electron chi connectivity index (χ2n) is 5.29. The van der Waals surface area contributed by atoms with Gasteiger partial charge in [-0.3, -0.25) is 4.98 Å². The van der Waals surface area contributed by atoms with Crippen molar-refractivity contribution in [2.24, 2.45) is 0 Å². The number of rotatable bonds is 5. The van der Waals surface area contributed by atoms with E-state index in [4.69, 9.17) is 5.11 Å². The maximum absolute atomic E-state index is 9.14. The monoisotopic (exact) mass is 258 g/mol. The number of aliphatic hydroxyl groups is 1. The van der Waals surface area contributed by atoms with Gasteiger partial charge in [-0.2, -0.15) is 0 Å². The predicted octanol–water partition coefficient (Wildman–Crippen LogP) is 1.70. The first-order chi connectivity index (χ1) is 9.25. The van der Waals surface area contributed by atoms with Gasteiger partial charge >= 0.3 is 0 Å². The minimum atomic E-state index is 0.0883. The average Bonchev–Trinajstić information content (AvgIpc) is 3.05. The van der Waals surface area contributed by atoms with Crippen molar-refractivity contribution in [2.45, 2.75) is 37.6 Å². The van der Waals surface area contributed by atoms with Gasteiger partial charge in [-0.25, -0.2) is 4.68 Å². The quantitative estimate of drug-likeness (QED) is 0.886. The van der Waals surface area contributed by atoms with E-state index in [0.29, 0.717) is 0 Å². The van der Waals surface area contributed by atoms with E-state index in [-0.39, 0.29) is 18.1 Å². The van der Waals surface area contributed by atoms with Crippen LogP contribution in [0.25, 0.3) is 0 Å². The summed E-state index contributed by atoms with van der Waals surface area (Å²) in [4.78, 5) is 4.03. The van der Waals surface area contributed by atoms with E-state index in [9.17, 15) is 0 Å². The average molecular weight is 258 g/mol. The third-order valence-electron chi connectivity index (χ3n) is 4.08. The molecule has 100 valence electrons. The van der Waals surface area contributed by atoms with Crippen LogP contribution in [0.5, 0.6) is 0 Å². The van der Waals surface area contributed by atoms with Gasteiger partial charge in [0.2, 0.25) is 0 Å². The molecular weight excluding hydrogens is 240 g/mol. The Hall–Kier alpha value is -1.75. The van der Waals surface area contributed by atoms with E-state index in [1.807, 2.05) is 23.0 Å². The maximum Gasteiger partial charge on any atom is 0.0889 e. The molecule has 1 N–H and O–H groups in total. The highest BCUT2D eigenvalue weighted by Gasteiger charge is 2.46. The van der Waals surface area contributed by atoms with Gasteiger partial charge in [0, 0.05) is 30.6 Å². The molecule has 0 aliphatic heterocycles. The Labute approximate surface area is 112 Å². The van der Waals surface area contributed by atoms with Gasteiger partial charge in [0.1, 0.15) is 0 Å². The Bertz CT molecular complexity index is 548. The van der Waals surface area contributed by atoms with Gasteiger partial charge in [0.05, 0.1) is 11.7 Å². The third-order valence-corrected chi connectivity index (χ3v) is 4.08. The molecule has 0 amide bonds. The number of hydrogen-bond donors (Lipinski definition) is 1. The largest absolute Gasteiger partial charge is 0.396 e. The van der Waals surface area contributed by atoms with Gasteiger partial charge in [-0.15, -0.1) is 5.10 Å². The van der Waals surface area contributed by atoms with Crippen LogP contribution < -0.4 is 0 Å². The lowest BCUT2D eigenvalue weighted by molar-refractivity contribution is 0.270. The van der Waals surface area contributed by atoms with Crippen molar-refractivity contribution in [1.29, 1.82) is 0 Å². The van der Waals surface area contributed by atoms with Crippen molar-refractivity contribution in [3.8, 4) is 0 Å². The zero-order valence-corrected chi connectivity index (χ0v) is 11.0. The first kappa shape index (κ1) is 12.3. The van der Waals surface area contributed by atoms with Crippen LogP contribution in [-0.2, 0) is 5.41 Å². The zero-order chi connectivity index (χ0) is 13.3. The molecule has 0 bridgehead atoms. The molecule has 1 fully saturated rings. The summed E-state index contributed by atoms with van der Waals surface area (Å²) in [5.41, 5.74) is 2.27. The molecule has 2 heterocycles. The molecule has 0 aromatic carbocycles. The molecule has 19 heavy (non-hydrogen) atoms. The molecule has 0 unspecified atom stereocenters. The SMILES string of the molecule is C[C@H](c1ccncc1)n1cc(C2(CCO)CC2)nn1. The van der Waals surface area contributed by atoms with Crippen LogP contribution >= 0.6 is 0 Å². The molecule has 0 radical (unpaired) electrons. The standard InChI is InChI=1S/C14H18N4O/c1-11(12-2-7-15-8-3-12)18-10-13(16-17-18)14(4-5-14)6-9-19/h2-3,7-8,10-11,19H,4-6,9H2,1H3/t11-/m1/s1. The topological polar surface area (TPSA) is 63.8 Å². The summed E-state index contributed by atoms with van der Waals surface area (Å²) in [5, 5.41) is 17.7. The fraction of sp³-hybridized carbons (Fsp3) is 0.500. The Morgan fingerprint density at radius 3 is 2.74 bits per heavy atom. The lowest BCUT2D eigenvalue weighted by Gasteiger charge is -2.11. The van der Waals surface area contributed by atoms with Crippen molar-refractivity contribution in [2.75, 3.05) is 6.61 Å². The van der Waals surface area contributed by atoms with Crippen LogP contribution in [0.1, 0.15) is 43.5 Å². The lowest BCUT2D eigenvalue weighted by Crippen LogP contribution is -2.10. The summed E-state index contributed by atoms with van der Waals surface area (Å²) in [5.74, 6) is 0. The first-order valence-electron chi connectivity index (χ1n) is 6.68. The smallest absolute Gasteiger partial charge is 0.0889 e. The normalized spacial score (nSPS) is 18.2. The zero-order valence-electron chi connectivity index (χ0n) is 11.0. The van der Waals surface area contributed by atoms with Gasteiger partial charge in [-0.1, -0.05) is 5.21 Å². The second-order valence-corrected chi connectivity index (χ2v) is 5.29. The summed E-state index contributed by atoms with van der Waals surface area (Å²) in [6.45, 7) is 2.31. The van der Waals surface area contributed by atoms with Crippen molar-refractivity contribution in [1.82, 2.24) is 20.0 Å². The molecule has 5 heteroatoms. The van der Waals surface area contributed by atoms with Crippen LogP contribution in [0.4, 0.5) is 0 Å². The van der Waals surface area contributed by atoms with Gasteiger partial charge in [0.25, 0.3) is 0 Å². The van der Waals surface area contributed by atoms with Crippen LogP contribution in [-0.4, -0.2) is 31.7 Å². The summed E-state index contributed by atoms with van der Waals surface area (Å²) in [6, 6.07) is 4.13. The Kier molecular flexibility index (Phi) is 3.06. The van der Waals surface area contributed by atoms with Gasteiger partial charge in [-0.05, 0) is 43.9 Å². The lowest BCUT2D eigenvalue weighted by atomic mass is 9.99. The van der Waals surface area contributed by atoms with Crippen molar-refractivity contribution in [3.63, 3.8) is 0 Å². The van der Waals surface area contributed by atoms with E-state index >= 15 is 0 Å². The molecule has 1 atom stereocenters. The number of nitrogens with zero attached hydrogens (tertiary/aromatic N) is 4. The molecule has 3 rings (SSSR count). The Morgan fingerprint density at radius 1 is 1.37 bits per heavy atom. The maximum atomic E-state index is 9.14. The molecule has 1 saturated carbocycles. The van der Waals surface area contributed by atoms with Crippen LogP contribution in [0.2, 0.25) is 0 Å². The highest BCUT2D eigenvalue weighted by Crippen LogP contribution is 2.50. The van der Waals surface area contributed by atoms with Crippen LogP contribution in [0.15, 0.2) is 30.7 Å². The summed E-state index contributed by atoms with van der Waals surface area (Å²) in [6.07, 6.45) is 8.60. The second kappa shape index (κ2) is 4.74. The number of hydrogen-bond acceptors (Lipinski definition) is 4.